The summed E-state index contributed by atoms with van der Waals surface area (Å²) in [6, 6.07) is 8.10. The molecular weight excluding hydrogens is 333 g/mol. The molecule has 25 heavy (non-hydrogen) atoms. The van der Waals surface area contributed by atoms with Gasteiger partial charge in [-0.05, 0) is 55.3 Å². The van der Waals surface area contributed by atoms with Crippen LogP contribution in [0.25, 0.3) is 0 Å². The number of carbonyl (C=O) groups is 2. The Morgan fingerprint density at radius 2 is 1.60 bits per heavy atom. The summed E-state index contributed by atoms with van der Waals surface area (Å²) in [6.45, 7) is 4.89. The smallest absolute Gasteiger partial charge is 0.326 e. The highest BCUT2D eigenvalue weighted by Crippen LogP contribution is 2.36. The van der Waals surface area contributed by atoms with Crippen LogP contribution in [0.5, 0.6) is 0 Å². The first-order valence-electron chi connectivity index (χ1n) is 7.45. The molecule has 0 bridgehead atoms. The highest BCUT2D eigenvalue weighted by atomic mass is 19.4. The summed E-state index contributed by atoms with van der Waals surface area (Å²) < 4.78 is 39.8. The van der Waals surface area contributed by atoms with E-state index in [4.69, 9.17) is 0 Å². The van der Waals surface area contributed by atoms with Crippen molar-refractivity contribution < 1.29 is 22.8 Å². The number of carbonyl (C=O) groups excluding carboxylic acids is 2. The first-order valence-corrected chi connectivity index (χ1v) is 7.45. The van der Waals surface area contributed by atoms with Gasteiger partial charge >= 0.3 is 6.18 Å². The van der Waals surface area contributed by atoms with Crippen LogP contribution in [0.2, 0.25) is 0 Å². The molecule has 0 heterocycles. The second kappa shape index (κ2) is 6.96. The number of halogens is 3. The van der Waals surface area contributed by atoms with E-state index in [1.807, 2.05) is 13.8 Å². The molecule has 0 spiro atoms. The summed E-state index contributed by atoms with van der Waals surface area (Å²) in [6.07, 6.45) is -4.68. The fourth-order valence-electron chi connectivity index (χ4n) is 2.25. The van der Waals surface area contributed by atoms with E-state index >= 15 is 0 Å². The van der Waals surface area contributed by atoms with Gasteiger partial charge in [0, 0.05) is 18.2 Å². The zero-order valence-corrected chi connectivity index (χ0v) is 13.9. The fourth-order valence-corrected chi connectivity index (χ4v) is 2.25. The first kappa shape index (κ1) is 18.5. The van der Waals surface area contributed by atoms with E-state index in [0.717, 1.165) is 23.3 Å². The van der Waals surface area contributed by atoms with Crippen molar-refractivity contribution in [1.82, 2.24) is 0 Å². The van der Waals surface area contributed by atoms with Crippen LogP contribution >= 0.6 is 0 Å². The van der Waals surface area contributed by atoms with Crippen LogP contribution in [-0.2, 0) is 11.0 Å². The molecule has 0 saturated carbocycles. The lowest BCUT2D eigenvalue weighted by atomic mass is 10.1. The molecule has 0 unspecified atom stereocenters. The van der Waals surface area contributed by atoms with Gasteiger partial charge in [-0.3, -0.25) is 9.59 Å². The molecule has 0 aliphatic carbocycles. The maximum Gasteiger partial charge on any atom is 0.418 e. The molecule has 2 aromatic rings. The highest BCUT2D eigenvalue weighted by Gasteiger charge is 2.34. The lowest BCUT2D eigenvalue weighted by molar-refractivity contribution is -0.137. The maximum absolute atomic E-state index is 13.3. The number of benzene rings is 2. The molecule has 2 N–H and O–H groups in total. The number of anilines is 2. The van der Waals surface area contributed by atoms with Gasteiger partial charge < -0.3 is 10.6 Å². The normalized spacial score (nSPS) is 11.1. The molecule has 0 fully saturated rings. The van der Waals surface area contributed by atoms with Crippen molar-refractivity contribution in [2.75, 3.05) is 10.6 Å². The summed E-state index contributed by atoms with van der Waals surface area (Å²) in [5, 5.41) is 4.58. The third-order valence-electron chi connectivity index (χ3n) is 3.66. The summed E-state index contributed by atoms with van der Waals surface area (Å²) in [5.41, 5.74) is 0.712. The third-order valence-corrected chi connectivity index (χ3v) is 3.66. The van der Waals surface area contributed by atoms with Gasteiger partial charge in [-0.25, -0.2) is 0 Å². The van der Waals surface area contributed by atoms with E-state index in [-0.39, 0.29) is 16.9 Å². The SMILES string of the molecule is CC(=O)Nc1ccc(NC(=O)c2ccc(C)c(C)c2)c(C(F)(F)F)c1. The van der Waals surface area contributed by atoms with E-state index in [0.29, 0.717) is 0 Å². The molecule has 0 aliphatic heterocycles. The lowest BCUT2D eigenvalue weighted by Crippen LogP contribution is -2.17. The third kappa shape index (κ3) is 4.59. The van der Waals surface area contributed by atoms with E-state index in [1.165, 1.54) is 13.0 Å². The summed E-state index contributed by atoms with van der Waals surface area (Å²) in [7, 11) is 0. The van der Waals surface area contributed by atoms with E-state index in [2.05, 4.69) is 10.6 Å². The lowest BCUT2D eigenvalue weighted by Gasteiger charge is -2.16. The molecule has 2 amide bonds. The second-order valence-corrected chi connectivity index (χ2v) is 5.69. The Kier molecular flexibility index (Phi) is 5.15. The largest absolute Gasteiger partial charge is 0.418 e. The minimum atomic E-state index is -4.68. The highest BCUT2D eigenvalue weighted by molar-refractivity contribution is 6.05. The van der Waals surface area contributed by atoms with Crippen molar-refractivity contribution in [2.45, 2.75) is 26.9 Å². The van der Waals surface area contributed by atoms with Crippen molar-refractivity contribution in [3.63, 3.8) is 0 Å². The van der Waals surface area contributed by atoms with Gasteiger partial charge in [0.15, 0.2) is 0 Å². The molecule has 0 aromatic heterocycles. The van der Waals surface area contributed by atoms with Crippen LogP contribution in [0.3, 0.4) is 0 Å². The van der Waals surface area contributed by atoms with Gasteiger partial charge in [0.25, 0.3) is 5.91 Å². The number of alkyl halides is 3. The summed E-state index contributed by atoms with van der Waals surface area (Å²) in [5.74, 6) is -1.12. The Morgan fingerprint density at radius 1 is 0.920 bits per heavy atom. The minimum Gasteiger partial charge on any atom is -0.326 e. The number of hydrogen-bond acceptors (Lipinski definition) is 2. The Hall–Kier alpha value is -2.83. The number of aryl methyl sites for hydroxylation is 2. The minimum absolute atomic E-state index is 0.00371. The average molecular weight is 350 g/mol. The van der Waals surface area contributed by atoms with Crippen molar-refractivity contribution >= 4 is 23.2 Å². The Balaban J connectivity index is 2.35. The van der Waals surface area contributed by atoms with Gasteiger partial charge in [0.05, 0.1) is 11.3 Å². The molecular formula is C18H17F3N2O2. The van der Waals surface area contributed by atoms with Gasteiger partial charge in [-0.1, -0.05) is 6.07 Å². The second-order valence-electron chi connectivity index (χ2n) is 5.69. The van der Waals surface area contributed by atoms with Crippen molar-refractivity contribution in [3.05, 3.63) is 58.7 Å². The molecule has 0 aliphatic rings. The maximum atomic E-state index is 13.3. The number of hydrogen-bond donors (Lipinski definition) is 2. The fraction of sp³-hybridized carbons (Fsp3) is 0.222. The van der Waals surface area contributed by atoms with Crippen molar-refractivity contribution in [2.24, 2.45) is 0 Å². The Bertz CT molecular complexity index is 830. The molecule has 2 aromatic carbocycles. The monoisotopic (exact) mass is 350 g/mol. The molecule has 2 rings (SSSR count). The van der Waals surface area contributed by atoms with E-state index < -0.39 is 23.6 Å². The standard InChI is InChI=1S/C18H17F3N2O2/c1-10-4-5-13(8-11(10)2)17(25)23-16-7-6-14(22-12(3)24)9-15(16)18(19,20)21/h4-9H,1-3H3,(H,22,24)(H,23,25). The quantitative estimate of drug-likeness (QED) is 0.854. The zero-order valence-electron chi connectivity index (χ0n) is 13.9. The summed E-state index contributed by atoms with van der Waals surface area (Å²) >= 11 is 0. The van der Waals surface area contributed by atoms with E-state index in [1.54, 1.807) is 18.2 Å². The molecule has 0 radical (unpaired) electrons. The molecule has 4 nitrogen and oxygen atoms in total. The van der Waals surface area contributed by atoms with Crippen LogP contribution in [0, 0.1) is 13.8 Å². The average Bonchev–Trinajstić information content (AvgIpc) is 2.49. The van der Waals surface area contributed by atoms with Crippen molar-refractivity contribution in [3.8, 4) is 0 Å². The van der Waals surface area contributed by atoms with Gasteiger partial charge in [0.1, 0.15) is 0 Å². The molecule has 132 valence electrons. The zero-order chi connectivity index (χ0) is 18.8. The predicted octanol–water partition coefficient (Wildman–Crippen LogP) is 4.53. The Labute approximate surface area is 143 Å². The van der Waals surface area contributed by atoms with Crippen LogP contribution in [0.1, 0.15) is 34.0 Å². The van der Waals surface area contributed by atoms with E-state index in [9.17, 15) is 22.8 Å². The van der Waals surface area contributed by atoms with Crippen LogP contribution < -0.4 is 10.6 Å². The van der Waals surface area contributed by atoms with Gasteiger partial charge in [0.2, 0.25) is 5.91 Å². The molecule has 0 saturated heterocycles. The van der Waals surface area contributed by atoms with Gasteiger partial charge in [-0.2, -0.15) is 13.2 Å². The number of amides is 2. The molecule has 0 atom stereocenters. The van der Waals surface area contributed by atoms with Crippen LogP contribution in [-0.4, -0.2) is 11.8 Å². The number of nitrogens with one attached hydrogen (secondary N) is 2. The van der Waals surface area contributed by atoms with Crippen molar-refractivity contribution in [1.29, 1.82) is 0 Å². The first-order chi connectivity index (χ1) is 11.6. The van der Waals surface area contributed by atoms with Gasteiger partial charge in [-0.15, -0.1) is 0 Å². The topological polar surface area (TPSA) is 58.2 Å². The summed E-state index contributed by atoms with van der Waals surface area (Å²) in [4.78, 5) is 23.3. The Morgan fingerprint density at radius 3 is 2.16 bits per heavy atom. The van der Waals surface area contributed by atoms with Crippen LogP contribution in [0.15, 0.2) is 36.4 Å². The number of rotatable bonds is 3. The van der Waals surface area contributed by atoms with Crippen LogP contribution in [0.4, 0.5) is 24.5 Å². The predicted molar refractivity (Wildman–Crippen MR) is 89.6 cm³/mol. The molecule has 7 heteroatoms.